The number of aromatic nitrogens is 4. The van der Waals surface area contributed by atoms with Crippen molar-refractivity contribution in [1.82, 2.24) is 19.5 Å². The number of fused-ring (bicyclic) bond motifs is 7. The van der Waals surface area contributed by atoms with Gasteiger partial charge in [-0.25, -0.2) is 15.0 Å². The first kappa shape index (κ1) is 31.2. The second kappa shape index (κ2) is 11.4. The molecule has 4 heteroatoms. The molecule has 2 aromatic heterocycles. The van der Waals surface area contributed by atoms with E-state index in [0.29, 0.717) is 17.5 Å². The molecule has 56 heavy (non-hydrogen) atoms. The number of hydrogen-bond donors (Lipinski definition) is 0. The van der Waals surface area contributed by atoms with Crippen molar-refractivity contribution in [3.05, 3.63) is 181 Å². The Kier molecular flexibility index (Phi) is 6.37. The quantitative estimate of drug-likeness (QED) is 0.182. The molecule has 4 nitrogen and oxygen atoms in total. The molecule has 12 rings (SSSR count). The average molecular weight is 715 g/mol. The molecule has 0 saturated carbocycles. The number of nitrogens with zero attached hydrogens (tertiary/aromatic N) is 4. The predicted octanol–water partition coefficient (Wildman–Crippen LogP) is 13.1. The first-order valence-corrected chi connectivity index (χ1v) is 19.3. The van der Waals surface area contributed by atoms with Crippen LogP contribution in [0.2, 0.25) is 0 Å². The van der Waals surface area contributed by atoms with Gasteiger partial charge in [0, 0.05) is 44.0 Å². The lowest BCUT2D eigenvalue weighted by atomic mass is 9.80. The molecule has 0 saturated heterocycles. The summed E-state index contributed by atoms with van der Waals surface area (Å²) in [6, 6.07) is 61.0. The van der Waals surface area contributed by atoms with Crippen LogP contribution in [0.4, 0.5) is 0 Å². The molecular formula is C52H34N4. The Bertz CT molecular complexity index is 3280. The van der Waals surface area contributed by atoms with Gasteiger partial charge in [-0.05, 0) is 74.5 Å². The van der Waals surface area contributed by atoms with Crippen molar-refractivity contribution in [1.29, 1.82) is 0 Å². The summed E-state index contributed by atoms with van der Waals surface area (Å²) >= 11 is 0. The molecule has 0 bridgehead atoms. The van der Waals surface area contributed by atoms with Crippen LogP contribution >= 0.6 is 0 Å². The van der Waals surface area contributed by atoms with Gasteiger partial charge in [-0.1, -0.05) is 153 Å². The Hall–Kier alpha value is -7.17. The van der Waals surface area contributed by atoms with Gasteiger partial charge in [0.2, 0.25) is 0 Å². The minimum atomic E-state index is -0.252. The highest BCUT2D eigenvalue weighted by Gasteiger charge is 2.41. The molecule has 0 radical (unpaired) electrons. The fraction of sp³-hybridized carbons (Fsp3) is 0.0577. The molecule has 0 unspecified atom stereocenters. The molecule has 1 aliphatic heterocycles. The zero-order chi connectivity index (χ0) is 37.1. The van der Waals surface area contributed by atoms with Gasteiger partial charge in [0.25, 0.3) is 0 Å². The van der Waals surface area contributed by atoms with Gasteiger partial charge in [0.15, 0.2) is 17.5 Å². The van der Waals surface area contributed by atoms with E-state index < -0.39 is 0 Å². The molecular weight excluding hydrogens is 681 g/mol. The SMILES string of the molecule is CC1(C)c2cc(-c3nc(-c4ccccc4)nc(-c4ccccc4-c4ccc5ccccc5c4)n3)cc3c2-c2c1ccc1c4ccccc4n(c21)-c1ccccc1-3. The zero-order valence-electron chi connectivity index (χ0n) is 31.0. The highest BCUT2D eigenvalue weighted by Crippen LogP contribution is 2.58. The van der Waals surface area contributed by atoms with Gasteiger partial charge in [-0.15, -0.1) is 0 Å². The fourth-order valence-corrected chi connectivity index (χ4v) is 9.50. The molecule has 1 aliphatic carbocycles. The fourth-order valence-electron chi connectivity index (χ4n) is 9.50. The molecule has 0 amide bonds. The van der Waals surface area contributed by atoms with Gasteiger partial charge >= 0.3 is 0 Å². The molecule has 8 aromatic carbocycles. The van der Waals surface area contributed by atoms with E-state index in [4.69, 9.17) is 15.0 Å². The van der Waals surface area contributed by atoms with Crippen LogP contribution in [0.15, 0.2) is 170 Å². The van der Waals surface area contributed by atoms with E-state index in [1.807, 2.05) is 18.2 Å². The van der Waals surface area contributed by atoms with Crippen molar-refractivity contribution in [2.75, 3.05) is 0 Å². The van der Waals surface area contributed by atoms with E-state index in [-0.39, 0.29) is 5.41 Å². The van der Waals surface area contributed by atoms with Crippen LogP contribution in [0.1, 0.15) is 25.0 Å². The van der Waals surface area contributed by atoms with E-state index in [0.717, 1.165) is 27.8 Å². The lowest BCUT2D eigenvalue weighted by Gasteiger charge is -2.24. The summed E-state index contributed by atoms with van der Waals surface area (Å²) in [4.78, 5) is 15.9. The standard InChI is InChI=1S/C52H34N4/c1-52(2)42-27-26-39-37-19-10-12-22-44(37)56-45-23-13-11-20-38(45)41-29-35(30-43(52)46(41)47(42)48(39)56)50-53-49(32-15-4-3-5-16-32)54-51(55-50)40-21-9-8-18-36(40)34-25-24-31-14-6-7-17-33(31)28-34/h3-30H,1-2H3. The Morgan fingerprint density at radius 2 is 1.09 bits per heavy atom. The maximum Gasteiger partial charge on any atom is 0.164 e. The third-order valence-electron chi connectivity index (χ3n) is 12.2. The van der Waals surface area contributed by atoms with Crippen molar-refractivity contribution in [3.8, 4) is 73.2 Å². The van der Waals surface area contributed by atoms with E-state index >= 15 is 0 Å². The van der Waals surface area contributed by atoms with Gasteiger partial charge in [-0.2, -0.15) is 0 Å². The summed E-state index contributed by atoms with van der Waals surface area (Å²) in [5.74, 6) is 1.96. The van der Waals surface area contributed by atoms with Gasteiger partial charge in [0.05, 0.1) is 16.7 Å². The number of rotatable bonds is 4. The highest BCUT2D eigenvalue weighted by molar-refractivity contribution is 6.19. The average Bonchev–Trinajstić information content (AvgIpc) is 3.66. The Labute approximate surface area is 324 Å². The van der Waals surface area contributed by atoms with Crippen LogP contribution in [0.5, 0.6) is 0 Å². The van der Waals surface area contributed by atoms with E-state index in [2.05, 4.69) is 170 Å². The van der Waals surface area contributed by atoms with Crippen LogP contribution in [-0.4, -0.2) is 19.5 Å². The van der Waals surface area contributed by atoms with Crippen molar-refractivity contribution in [2.24, 2.45) is 0 Å². The molecule has 2 aliphatic rings. The van der Waals surface area contributed by atoms with Crippen molar-refractivity contribution in [2.45, 2.75) is 19.3 Å². The maximum atomic E-state index is 5.38. The summed E-state index contributed by atoms with van der Waals surface area (Å²) in [5.41, 5.74) is 16.2. The summed E-state index contributed by atoms with van der Waals surface area (Å²) < 4.78 is 2.50. The minimum Gasteiger partial charge on any atom is -0.308 e. The van der Waals surface area contributed by atoms with Gasteiger partial charge in [0.1, 0.15) is 0 Å². The van der Waals surface area contributed by atoms with Crippen LogP contribution < -0.4 is 0 Å². The van der Waals surface area contributed by atoms with Crippen LogP contribution in [0.3, 0.4) is 0 Å². The highest BCUT2D eigenvalue weighted by atomic mass is 15.0. The Morgan fingerprint density at radius 3 is 1.95 bits per heavy atom. The Morgan fingerprint density at radius 1 is 0.411 bits per heavy atom. The van der Waals surface area contributed by atoms with Crippen LogP contribution in [-0.2, 0) is 5.41 Å². The van der Waals surface area contributed by atoms with Gasteiger partial charge < -0.3 is 4.57 Å². The van der Waals surface area contributed by atoms with E-state index in [1.165, 1.54) is 71.6 Å². The first-order valence-electron chi connectivity index (χ1n) is 19.3. The first-order chi connectivity index (χ1) is 27.5. The number of hydrogen-bond acceptors (Lipinski definition) is 3. The minimum absolute atomic E-state index is 0.252. The third-order valence-corrected chi connectivity index (χ3v) is 12.2. The Balaban J connectivity index is 1.13. The van der Waals surface area contributed by atoms with Crippen LogP contribution in [0.25, 0.3) is 106 Å². The van der Waals surface area contributed by atoms with Crippen molar-refractivity contribution >= 4 is 32.6 Å². The number of para-hydroxylation sites is 2. The summed E-state index contributed by atoms with van der Waals surface area (Å²) in [6.45, 7) is 4.73. The second-order valence-corrected chi connectivity index (χ2v) is 15.6. The smallest absolute Gasteiger partial charge is 0.164 e. The van der Waals surface area contributed by atoms with Crippen LogP contribution in [0, 0.1) is 0 Å². The summed E-state index contributed by atoms with van der Waals surface area (Å²) in [5, 5.41) is 4.98. The summed E-state index contributed by atoms with van der Waals surface area (Å²) in [7, 11) is 0. The van der Waals surface area contributed by atoms with Crippen molar-refractivity contribution < 1.29 is 0 Å². The van der Waals surface area contributed by atoms with E-state index in [9.17, 15) is 0 Å². The lowest BCUT2D eigenvalue weighted by Crippen LogP contribution is -2.15. The van der Waals surface area contributed by atoms with E-state index in [1.54, 1.807) is 0 Å². The molecule has 262 valence electrons. The monoisotopic (exact) mass is 714 g/mol. The summed E-state index contributed by atoms with van der Waals surface area (Å²) in [6.07, 6.45) is 0. The number of benzene rings is 8. The largest absolute Gasteiger partial charge is 0.308 e. The molecule has 0 atom stereocenters. The molecule has 0 N–H and O–H groups in total. The molecule has 3 heterocycles. The lowest BCUT2D eigenvalue weighted by molar-refractivity contribution is 0.661. The maximum absolute atomic E-state index is 5.38. The molecule has 0 fully saturated rings. The second-order valence-electron chi connectivity index (χ2n) is 15.6. The predicted molar refractivity (Wildman–Crippen MR) is 230 cm³/mol. The topological polar surface area (TPSA) is 43.6 Å². The van der Waals surface area contributed by atoms with Crippen molar-refractivity contribution in [3.63, 3.8) is 0 Å². The molecule has 0 spiro atoms. The molecule has 10 aromatic rings. The normalized spacial score (nSPS) is 13.3. The third kappa shape index (κ3) is 4.32. The zero-order valence-corrected chi connectivity index (χ0v) is 31.0. The van der Waals surface area contributed by atoms with Gasteiger partial charge in [-0.3, -0.25) is 0 Å².